The van der Waals surface area contributed by atoms with E-state index in [0.717, 1.165) is 32.1 Å². The van der Waals surface area contributed by atoms with Gasteiger partial charge in [0.05, 0.1) is 26.6 Å². The Bertz CT molecular complexity index is 809. The van der Waals surface area contributed by atoms with E-state index in [1.54, 1.807) is 4.90 Å². The molecule has 0 radical (unpaired) electrons. The van der Waals surface area contributed by atoms with Gasteiger partial charge in [-0.2, -0.15) is 0 Å². The van der Waals surface area contributed by atoms with Crippen LogP contribution in [0.1, 0.15) is 38.5 Å². The molecule has 0 bridgehead atoms. The van der Waals surface area contributed by atoms with Crippen molar-refractivity contribution in [3.8, 4) is 5.75 Å². The Morgan fingerprint density at radius 1 is 1.00 bits per heavy atom. The fourth-order valence-corrected chi connectivity index (χ4v) is 6.19. The molecule has 1 aromatic rings. The Balaban J connectivity index is 1.74. The van der Waals surface area contributed by atoms with Gasteiger partial charge in [-0.05, 0) is 25.3 Å². The number of nitrogens with zero attached hydrogens (tertiary/aromatic N) is 1. The lowest BCUT2D eigenvalue weighted by Gasteiger charge is -2.38. The molecule has 1 unspecified atom stereocenters. The van der Waals surface area contributed by atoms with Gasteiger partial charge in [-0.3, -0.25) is 4.79 Å². The molecule has 1 heterocycles. The van der Waals surface area contributed by atoms with Gasteiger partial charge in [0, 0.05) is 18.2 Å². The third-order valence-electron chi connectivity index (χ3n) is 5.18. The van der Waals surface area contributed by atoms with Gasteiger partial charge in [-0.25, -0.2) is 8.42 Å². The summed E-state index contributed by atoms with van der Waals surface area (Å²) < 4.78 is 29.5. The molecule has 0 aromatic heterocycles. The lowest BCUT2D eigenvalue weighted by Crippen LogP contribution is -2.50. The molecule has 150 valence electrons. The Kier molecular flexibility index (Phi) is 6.83. The topological polar surface area (TPSA) is 63.7 Å². The van der Waals surface area contributed by atoms with Crippen molar-refractivity contribution in [3.63, 3.8) is 0 Å². The summed E-state index contributed by atoms with van der Waals surface area (Å²) in [7, 11) is -3.08. The van der Waals surface area contributed by atoms with E-state index in [9.17, 15) is 13.2 Å². The van der Waals surface area contributed by atoms with Crippen molar-refractivity contribution in [2.75, 3.05) is 18.1 Å². The molecule has 1 saturated heterocycles. The number of amides is 1. The van der Waals surface area contributed by atoms with Crippen LogP contribution in [0.25, 0.3) is 0 Å². The predicted octanol–water partition coefficient (Wildman–Crippen LogP) is 4.37. The van der Waals surface area contributed by atoms with Crippen molar-refractivity contribution in [2.45, 2.75) is 50.6 Å². The molecule has 2 fully saturated rings. The van der Waals surface area contributed by atoms with Crippen LogP contribution in [0, 0.1) is 0 Å². The first-order valence-electron chi connectivity index (χ1n) is 9.06. The van der Waals surface area contributed by atoms with E-state index in [4.69, 9.17) is 39.5 Å². The number of carbonyl (C=O) groups excluding carboxylic acids is 1. The SMILES string of the molecule is O=C(COc1cc(Cl)c(Cl)cc1Cl)N(C1CCCCC1)C1CCS(=O)(=O)C1. The van der Waals surface area contributed by atoms with E-state index in [-0.39, 0.29) is 51.9 Å². The summed E-state index contributed by atoms with van der Waals surface area (Å²) in [4.78, 5) is 14.7. The Labute approximate surface area is 174 Å². The van der Waals surface area contributed by atoms with E-state index >= 15 is 0 Å². The smallest absolute Gasteiger partial charge is 0.261 e. The maximum Gasteiger partial charge on any atom is 0.261 e. The maximum atomic E-state index is 13.0. The number of benzene rings is 1. The Hall–Kier alpha value is -0.690. The van der Waals surface area contributed by atoms with Crippen molar-refractivity contribution in [1.82, 2.24) is 4.90 Å². The lowest BCUT2D eigenvalue weighted by atomic mass is 9.93. The van der Waals surface area contributed by atoms with Gasteiger partial charge in [0.25, 0.3) is 5.91 Å². The van der Waals surface area contributed by atoms with Crippen LogP contribution in [-0.4, -0.2) is 49.4 Å². The number of carbonyl (C=O) groups is 1. The highest BCUT2D eigenvalue weighted by Crippen LogP contribution is 2.34. The van der Waals surface area contributed by atoms with Crippen LogP contribution in [-0.2, 0) is 14.6 Å². The second-order valence-electron chi connectivity index (χ2n) is 7.14. The van der Waals surface area contributed by atoms with Crippen molar-refractivity contribution in [1.29, 1.82) is 0 Å². The minimum Gasteiger partial charge on any atom is -0.482 e. The Morgan fingerprint density at radius 2 is 1.67 bits per heavy atom. The quantitative estimate of drug-likeness (QED) is 0.620. The van der Waals surface area contributed by atoms with Crippen molar-refractivity contribution in [3.05, 3.63) is 27.2 Å². The second kappa shape index (κ2) is 8.76. The zero-order valence-corrected chi connectivity index (χ0v) is 17.9. The fourth-order valence-electron chi connectivity index (χ4n) is 3.89. The standard InChI is InChI=1S/C18H22Cl3NO4S/c19-14-8-16(21)17(9-15(14)20)26-10-18(23)22(12-4-2-1-3-5-12)13-6-7-27(24,25)11-13/h8-9,12-13H,1-7,10-11H2. The summed E-state index contributed by atoms with van der Waals surface area (Å²) in [5.41, 5.74) is 0. The minimum atomic E-state index is -3.08. The molecule has 1 atom stereocenters. The molecule has 9 heteroatoms. The first kappa shape index (κ1) is 21.0. The zero-order chi connectivity index (χ0) is 19.6. The molecule has 1 aliphatic heterocycles. The number of rotatable bonds is 5. The zero-order valence-electron chi connectivity index (χ0n) is 14.8. The summed E-state index contributed by atoms with van der Waals surface area (Å²) >= 11 is 18.0. The molecule has 1 aliphatic carbocycles. The number of hydrogen-bond donors (Lipinski definition) is 0. The van der Waals surface area contributed by atoms with Gasteiger partial charge in [-0.1, -0.05) is 54.1 Å². The van der Waals surface area contributed by atoms with Crippen molar-refractivity contribution >= 4 is 50.5 Å². The average Bonchev–Trinajstić information content (AvgIpc) is 2.97. The molecule has 1 aromatic carbocycles. The van der Waals surface area contributed by atoms with Crippen LogP contribution in [0.15, 0.2) is 12.1 Å². The number of sulfone groups is 1. The summed E-state index contributed by atoms with van der Waals surface area (Å²) in [5.74, 6) is 0.226. The predicted molar refractivity (Wildman–Crippen MR) is 108 cm³/mol. The van der Waals surface area contributed by atoms with Crippen molar-refractivity contribution < 1.29 is 17.9 Å². The third-order valence-corrected chi connectivity index (χ3v) is 7.95. The molecule has 5 nitrogen and oxygen atoms in total. The first-order valence-corrected chi connectivity index (χ1v) is 12.0. The minimum absolute atomic E-state index is 0.0305. The molecular formula is C18H22Cl3NO4S. The molecule has 3 rings (SSSR count). The summed E-state index contributed by atoms with van der Waals surface area (Å²) in [6.45, 7) is -0.218. The lowest BCUT2D eigenvalue weighted by molar-refractivity contribution is -0.138. The number of ether oxygens (including phenoxy) is 1. The molecule has 0 spiro atoms. The van der Waals surface area contributed by atoms with Crippen LogP contribution in [0.2, 0.25) is 15.1 Å². The largest absolute Gasteiger partial charge is 0.482 e. The van der Waals surface area contributed by atoms with Gasteiger partial charge in [0.1, 0.15) is 5.75 Å². The van der Waals surface area contributed by atoms with Gasteiger partial charge < -0.3 is 9.64 Å². The van der Waals surface area contributed by atoms with Gasteiger partial charge >= 0.3 is 0 Å². The number of halogens is 3. The van der Waals surface area contributed by atoms with Crippen LogP contribution in [0.3, 0.4) is 0 Å². The molecule has 0 N–H and O–H groups in total. The number of hydrogen-bond acceptors (Lipinski definition) is 4. The van der Waals surface area contributed by atoms with Gasteiger partial charge in [0.2, 0.25) is 0 Å². The maximum absolute atomic E-state index is 13.0. The summed E-state index contributed by atoms with van der Waals surface area (Å²) in [6, 6.07) is 2.73. The van der Waals surface area contributed by atoms with Crippen LogP contribution in [0.5, 0.6) is 5.75 Å². The summed E-state index contributed by atoms with van der Waals surface area (Å²) in [6.07, 6.45) is 5.53. The normalized spacial score (nSPS) is 22.6. The monoisotopic (exact) mass is 453 g/mol. The van der Waals surface area contributed by atoms with Gasteiger partial charge in [-0.15, -0.1) is 0 Å². The molecule has 1 amide bonds. The highest BCUT2D eigenvalue weighted by molar-refractivity contribution is 7.91. The molecule has 1 saturated carbocycles. The second-order valence-corrected chi connectivity index (χ2v) is 10.6. The highest BCUT2D eigenvalue weighted by atomic mass is 35.5. The molecule has 27 heavy (non-hydrogen) atoms. The van der Waals surface area contributed by atoms with Crippen LogP contribution < -0.4 is 4.74 Å². The average molecular weight is 455 g/mol. The van der Waals surface area contributed by atoms with E-state index in [0.29, 0.717) is 11.4 Å². The molecule has 2 aliphatic rings. The van der Waals surface area contributed by atoms with E-state index in [2.05, 4.69) is 0 Å². The van der Waals surface area contributed by atoms with E-state index < -0.39 is 9.84 Å². The van der Waals surface area contributed by atoms with Crippen LogP contribution >= 0.6 is 34.8 Å². The highest BCUT2D eigenvalue weighted by Gasteiger charge is 2.38. The van der Waals surface area contributed by atoms with E-state index in [1.807, 2.05) is 0 Å². The van der Waals surface area contributed by atoms with Crippen LogP contribution in [0.4, 0.5) is 0 Å². The first-order chi connectivity index (χ1) is 12.8. The fraction of sp³-hybridized carbons (Fsp3) is 0.611. The van der Waals surface area contributed by atoms with Crippen molar-refractivity contribution in [2.24, 2.45) is 0 Å². The summed E-state index contributed by atoms with van der Waals surface area (Å²) in [5, 5.41) is 0.861. The van der Waals surface area contributed by atoms with Gasteiger partial charge in [0.15, 0.2) is 16.4 Å². The van der Waals surface area contributed by atoms with E-state index in [1.165, 1.54) is 12.1 Å². The molecular weight excluding hydrogens is 433 g/mol. The third kappa shape index (κ3) is 5.22. The Morgan fingerprint density at radius 3 is 2.30 bits per heavy atom.